The summed E-state index contributed by atoms with van der Waals surface area (Å²) in [6.07, 6.45) is 0. The zero-order valence-corrected chi connectivity index (χ0v) is 45.2. The summed E-state index contributed by atoms with van der Waals surface area (Å²) in [6, 6.07) is 105. The van der Waals surface area contributed by atoms with Gasteiger partial charge in [0.25, 0.3) is 0 Å². The molecule has 13 aromatic rings. The summed E-state index contributed by atoms with van der Waals surface area (Å²) in [5.74, 6) is 0.560. The van der Waals surface area contributed by atoms with Crippen molar-refractivity contribution in [1.82, 2.24) is 0 Å². The maximum atomic E-state index is 10.9. The lowest BCUT2D eigenvalue weighted by molar-refractivity contribution is 0.475. The van der Waals surface area contributed by atoms with Crippen LogP contribution in [-0.2, 0) is 0 Å². The Kier molecular flexibility index (Phi) is 13.7. The zero-order valence-electron chi connectivity index (χ0n) is 45.2. The molecule has 0 aliphatic heterocycles. The van der Waals surface area contributed by atoms with Crippen molar-refractivity contribution in [3.05, 3.63) is 309 Å². The number of hydrogen-bond donors (Lipinski definition) is 3. The first-order valence-electron chi connectivity index (χ1n) is 27.7. The van der Waals surface area contributed by atoms with Crippen molar-refractivity contribution in [3.63, 3.8) is 0 Å². The van der Waals surface area contributed by atoms with Crippen LogP contribution in [0.25, 0.3) is 134 Å². The Bertz CT molecular complexity index is 4070. The molecule has 0 aliphatic rings. The normalized spacial score (nSPS) is 11.1. The number of rotatable bonds is 12. The average molecular weight is 1050 g/mol. The number of aromatic hydroxyl groups is 3. The Morgan fingerprint density at radius 1 is 0.146 bits per heavy atom. The van der Waals surface area contributed by atoms with E-state index in [0.29, 0.717) is 0 Å². The van der Waals surface area contributed by atoms with E-state index in [2.05, 4.69) is 237 Å². The Morgan fingerprint density at radius 2 is 0.268 bits per heavy atom. The van der Waals surface area contributed by atoms with E-state index in [-0.39, 0.29) is 17.2 Å². The van der Waals surface area contributed by atoms with Crippen molar-refractivity contribution >= 4 is 0 Å². The van der Waals surface area contributed by atoms with Crippen LogP contribution in [0.5, 0.6) is 17.2 Å². The lowest BCUT2D eigenvalue weighted by Crippen LogP contribution is -2.03. The molecule has 13 aromatic carbocycles. The van der Waals surface area contributed by atoms with Crippen molar-refractivity contribution in [1.29, 1.82) is 0 Å². The minimum Gasteiger partial charge on any atom is -0.508 e. The Balaban J connectivity index is 1.21. The highest BCUT2D eigenvalue weighted by Gasteiger charge is 2.32. The first kappa shape index (κ1) is 50.7. The van der Waals surface area contributed by atoms with Crippen molar-refractivity contribution in [2.75, 3.05) is 0 Å². The third kappa shape index (κ3) is 9.61. The molecule has 3 N–H and O–H groups in total. The molecule has 0 fully saturated rings. The molecule has 0 saturated heterocycles. The lowest BCUT2D eigenvalue weighted by Gasteiger charge is -2.30. The van der Waals surface area contributed by atoms with Crippen LogP contribution < -0.4 is 0 Å². The molecular formula is C79H56O3. The largest absolute Gasteiger partial charge is 0.508 e. The van der Waals surface area contributed by atoms with Crippen LogP contribution in [0.15, 0.2) is 303 Å². The van der Waals surface area contributed by atoms with E-state index in [1.165, 1.54) is 5.56 Å². The molecule has 0 bridgehead atoms. The van der Waals surface area contributed by atoms with Crippen molar-refractivity contribution in [3.8, 4) is 151 Å². The second-order valence-corrected chi connectivity index (χ2v) is 20.8. The van der Waals surface area contributed by atoms with Crippen LogP contribution in [-0.4, -0.2) is 15.3 Å². The fourth-order valence-corrected chi connectivity index (χ4v) is 12.0. The Morgan fingerprint density at radius 3 is 0.427 bits per heavy atom. The van der Waals surface area contributed by atoms with Gasteiger partial charge in [0.05, 0.1) is 0 Å². The van der Waals surface area contributed by atoms with Gasteiger partial charge in [-0.05, 0) is 177 Å². The van der Waals surface area contributed by atoms with Crippen LogP contribution in [0.4, 0.5) is 0 Å². The summed E-state index contributed by atoms with van der Waals surface area (Å²) in [4.78, 5) is 0. The number of aryl methyl sites for hydroxylation is 1. The van der Waals surface area contributed by atoms with E-state index < -0.39 is 0 Å². The molecule has 0 heterocycles. The van der Waals surface area contributed by atoms with Crippen molar-refractivity contribution in [2.24, 2.45) is 0 Å². The number of benzene rings is 13. The maximum Gasteiger partial charge on any atom is 0.115 e. The minimum absolute atomic E-state index is 0.178. The molecule has 13 rings (SSSR count). The topological polar surface area (TPSA) is 60.7 Å². The monoisotopic (exact) mass is 1050 g/mol. The molecule has 0 saturated carbocycles. The van der Waals surface area contributed by atoms with Crippen LogP contribution in [0.1, 0.15) is 5.56 Å². The molecule has 0 atom stereocenters. The van der Waals surface area contributed by atoms with Gasteiger partial charge in [-0.2, -0.15) is 0 Å². The molecular weight excluding hydrogens is 997 g/mol. The van der Waals surface area contributed by atoms with Gasteiger partial charge in [0.15, 0.2) is 0 Å². The summed E-state index contributed by atoms with van der Waals surface area (Å²) in [7, 11) is 0. The molecule has 0 aliphatic carbocycles. The number of hydrogen-bond acceptors (Lipinski definition) is 3. The maximum absolute atomic E-state index is 10.9. The smallest absolute Gasteiger partial charge is 0.115 e. The fraction of sp³-hybridized carbons (Fsp3) is 0.0127. The summed E-state index contributed by atoms with van der Waals surface area (Å²) in [6.45, 7) is 2.13. The first-order chi connectivity index (χ1) is 40.4. The van der Waals surface area contributed by atoms with Gasteiger partial charge < -0.3 is 15.3 Å². The summed E-state index contributed by atoms with van der Waals surface area (Å²) < 4.78 is 0. The fourth-order valence-electron chi connectivity index (χ4n) is 12.0. The van der Waals surface area contributed by atoms with Gasteiger partial charge in [0.2, 0.25) is 0 Å². The minimum atomic E-state index is 0.178. The number of phenols is 3. The SMILES string of the molecule is Cc1ccc(-c2c(-c3ccccc3)c(-c3ccccc3)c(-c3ccc(-c4c(-c5ccccc5)c(-c5ccccc5)c(-c5ccc(O)cc5)c(-c5ccc(O)cc5)c4-c4ccccc4)cc3)c(-c3ccccc3)c2-c2ccc(O)cc2)cc1. The van der Waals surface area contributed by atoms with Crippen LogP contribution in [0.2, 0.25) is 0 Å². The first-order valence-corrected chi connectivity index (χ1v) is 27.7. The molecule has 0 aromatic heterocycles. The molecule has 390 valence electrons. The zero-order chi connectivity index (χ0) is 55.5. The van der Waals surface area contributed by atoms with E-state index in [1.54, 1.807) is 36.4 Å². The van der Waals surface area contributed by atoms with E-state index in [0.717, 1.165) is 134 Å². The average Bonchev–Trinajstić information content (AvgIpc) is 3.02. The molecule has 0 radical (unpaired) electrons. The van der Waals surface area contributed by atoms with Gasteiger partial charge in [-0.3, -0.25) is 0 Å². The molecule has 3 heteroatoms. The van der Waals surface area contributed by atoms with Gasteiger partial charge in [0.1, 0.15) is 17.2 Å². The van der Waals surface area contributed by atoms with Gasteiger partial charge >= 0.3 is 0 Å². The molecule has 0 spiro atoms. The summed E-state index contributed by atoms with van der Waals surface area (Å²) >= 11 is 0. The molecule has 0 unspecified atom stereocenters. The predicted molar refractivity (Wildman–Crippen MR) is 341 cm³/mol. The Hall–Kier alpha value is -10.7. The second-order valence-electron chi connectivity index (χ2n) is 20.8. The van der Waals surface area contributed by atoms with Crippen molar-refractivity contribution in [2.45, 2.75) is 6.92 Å². The summed E-state index contributed by atoms with van der Waals surface area (Å²) in [5.41, 5.74) is 26.1. The Labute approximate surface area is 479 Å². The van der Waals surface area contributed by atoms with Gasteiger partial charge in [-0.1, -0.05) is 272 Å². The van der Waals surface area contributed by atoms with Crippen LogP contribution in [0.3, 0.4) is 0 Å². The molecule has 3 nitrogen and oxygen atoms in total. The third-order valence-corrected chi connectivity index (χ3v) is 15.6. The van der Waals surface area contributed by atoms with Crippen LogP contribution >= 0.6 is 0 Å². The predicted octanol–water partition coefficient (Wildman–Crippen LogP) is 21.1. The van der Waals surface area contributed by atoms with Crippen LogP contribution in [0, 0.1) is 6.92 Å². The lowest BCUT2D eigenvalue weighted by atomic mass is 9.73. The number of phenolic OH excluding ortho intramolecular Hbond substituents is 3. The quantitative estimate of drug-likeness (QED) is 0.114. The molecule has 82 heavy (non-hydrogen) atoms. The van der Waals surface area contributed by atoms with Gasteiger partial charge in [-0.15, -0.1) is 0 Å². The van der Waals surface area contributed by atoms with Crippen molar-refractivity contribution < 1.29 is 15.3 Å². The van der Waals surface area contributed by atoms with E-state index in [1.807, 2.05) is 36.4 Å². The third-order valence-electron chi connectivity index (χ3n) is 15.6. The molecule has 0 amide bonds. The highest BCUT2D eigenvalue weighted by atomic mass is 16.3. The van der Waals surface area contributed by atoms with Gasteiger partial charge in [-0.25, -0.2) is 0 Å². The standard InChI is InChI=1S/C79H56O3/c1-52-32-34-59(35-33-52)74-68(53-20-8-2-9-21-53)69(54-22-10-3-11-23-54)75(72(57-28-16-6-17-29-57)78(74)63-42-48-66(81)49-43-63)60-36-38-61(39-37-60)76-70(55-24-12-4-13-25-55)71(56-26-14-5-15-27-56)77(62-40-46-65(80)47-41-62)79(64-44-50-67(82)51-45-64)73(76)58-30-18-7-19-31-58/h2-51,80-82H,1H3. The highest BCUT2D eigenvalue weighted by Crippen LogP contribution is 2.59. The van der Waals surface area contributed by atoms with Gasteiger partial charge in [0, 0.05) is 0 Å². The second kappa shape index (κ2) is 22.2. The van der Waals surface area contributed by atoms with E-state index in [4.69, 9.17) is 0 Å². The van der Waals surface area contributed by atoms with E-state index in [9.17, 15) is 15.3 Å². The summed E-state index contributed by atoms with van der Waals surface area (Å²) in [5, 5.41) is 32.6. The van der Waals surface area contributed by atoms with E-state index >= 15 is 0 Å². The highest BCUT2D eigenvalue weighted by molar-refractivity contribution is 6.17.